The monoisotopic (exact) mass is 414 g/mol. The minimum absolute atomic E-state index is 0.194. The molecule has 0 saturated heterocycles. The molecule has 0 bridgehead atoms. The molecule has 7 nitrogen and oxygen atoms in total. The third kappa shape index (κ3) is 3.28. The minimum atomic E-state index is -0.416. The Kier molecular flexibility index (Phi) is 4.89. The fourth-order valence-electron chi connectivity index (χ4n) is 2.79. The van der Waals surface area contributed by atoms with Crippen LogP contribution in [0, 0.1) is 0 Å². The van der Waals surface area contributed by atoms with Crippen LogP contribution >= 0.6 is 22.9 Å². The quantitative estimate of drug-likeness (QED) is 0.524. The van der Waals surface area contributed by atoms with Gasteiger partial charge in [0.15, 0.2) is 0 Å². The SMILES string of the molecule is COc1cccc(OC)c1C(=O)Nc1nc2scc(-c3ccc(Cl)cc3)n2n1. The van der Waals surface area contributed by atoms with Crippen molar-refractivity contribution in [2.45, 2.75) is 0 Å². The highest BCUT2D eigenvalue weighted by molar-refractivity contribution is 7.15. The van der Waals surface area contributed by atoms with Gasteiger partial charge in [0.1, 0.15) is 17.1 Å². The Bertz CT molecular complexity index is 1130. The Morgan fingerprint density at radius 3 is 2.43 bits per heavy atom. The number of nitrogens with one attached hydrogen (secondary N) is 1. The molecule has 1 N–H and O–H groups in total. The van der Waals surface area contributed by atoms with E-state index in [1.54, 1.807) is 22.7 Å². The van der Waals surface area contributed by atoms with Gasteiger partial charge in [-0.1, -0.05) is 29.8 Å². The zero-order valence-electron chi connectivity index (χ0n) is 15.0. The van der Waals surface area contributed by atoms with Crippen LogP contribution in [0.4, 0.5) is 5.95 Å². The highest BCUT2D eigenvalue weighted by Crippen LogP contribution is 2.30. The number of rotatable bonds is 5. The molecule has 142 valence electrons. The van der Waals surface area contributed by atoms with Crippen molar-refractivity contribution >= 4 is 39.8 Å². The number of ether oxygens (including phenoxy) is 2. The van der Waals surface area contributed by atoms with Crippen molar-refractivity contribution in [2.75, 3.05) is 19.5 Å². The van der Waals surface area contributed by atoms with Crippen LogP contribution in [-0.4, -0.2) is 34.7 Å². The predicted octanol–water partition coefficient (Wildman–Crippen LogP) is 4.38. The third-order valence-electron chi connectivity index (χ3n) is 4.10. The van der Waals surface area contributed by atoms with E-state index >= 15 is 0 Å². The first-order chi connectivity index (χ1) is 13.6. The molecule has 4 rings (SSSR count). The smallest absolute Gasteiger partial charge is 0.265 e. The van der Waals surface area contributed by atoms with E-state index in [4.69, 9.17) is 21.1 Å². The maximum atomic E-state index is 12.8. The highest BCUT2D eigenvalue weighted by Gasteiger charge is 2.20. The van der Waals surface area contributed by atoms with Gasteiger partial charge in [-0.15, -0.1) is 16.4 Å². The molecule has 28 heavy (non-hydrogen) atoms. The molecule has 1 amide bonds. The van der Waals surface area contributed by atoms with E-state index < -0.39 is 5.91 Å². The minimum Gasteiger partial charge on any atom is -0.496 e. The maximum Gasteiger partial charge on any atom is 0.265 e. The van der Waals surface area contributed by atoms with Gasteiger partial charge in [-0.3, -0.25) is 10.1 Å². The van der Waals surface area contributed by atoms with E-state index in [0.717, 1.165) is 11.3 Å². The second kappa shape index (κ2) is 7.49. The zero-order chi connectivity index (χ0) is 19.7. The lowest BCUT2D eigenvalue weighted by Crippen LogP contribution is -2.15. The van der Waals surface area contributed by atoms with Gasteiger partial charge in [0.2, 0.25) is 4.96 Å². The first-order valence-corrected chi connectivity index (χ1v) is 9.49. The summed E-state index contributed by atoms with van der Waals surface area (Å²) in [6.45, 7) is 0. The van der Waals surface area contributed by atoms with Crippen molar-refractivity contribution in [3.8, 4) is 22.8 Å². The third-order valence-corrected chi connectivity index (χ3v) is 5.17. The van der Waals surface area contributed by atoms with Gasteiger partial charge in [-0.05, 0) is 24.3 Å². The fraction of sp³-hybridized carbons (Fsp3) is 0.105. The summed E-state index contributed by atoms with van der Waals surface area (Å²) >= 11 is 7.39. The molecule has 9 heteroatoms. The lowest BCUT2D eigenvalue weighted by Gasteiger charge is -2.11. The number of fused-ring (bicyclic) bond motifs is 1. The topological polar surface area (TPSA) is 77.8 Å². The average molecular weight is 415 g/mol. The molecule has 4 aromatic rings. The number of carbonyl (C=O) groups is 1. The zero-order valence-corrected chi connectivity index (χ0v) is 16.5. The largest absolute Gasteiger partial charge is 0.496 e. The molecular formula is C19H15ClN4O3S. The average Bonchev–Trinajstić information content (AvgIpc) is 3.28. The van der Waals surface area contributed by atoms with Crippen molar-refractivity contribution in [3.05, 3.63) is 58.4 Å². The van der Waals surface area contributed by atoms with E-state index in [1.807, 2.05) is 29.6 Å². The fourth-order valence-corrected chi connectivity index (χ4v) is 3.75. The van der Waals surface area contributed by atoms with Crippen molar-refractivity contribution < 1.29 is 14.3 Å². The number of benzene rings is 2. The summed E-state index contributed by atoms with van der Waals surface area (Å²) in [4.78, 5) is 17.8. The lowest BCUT2D eigenvalue weighted by atomic mass is 10.1. The van der Waals surface area contributed by atoms with Gasteiger partial charge in [0.05, 0.1) is 19.9 Å². The van der Waals surface area contributed by atoms with Crippen LogP contribution in [0.1, 0.15) is 10.4 Å². The number of hydrogen-bond acceptors (Lipinski definition) is 6. The number of aromatic nitrogens is 3. The van der Waals surface area contributed by atoms with E-state index in [0.29, 0.717) is 21.5 Å². The van der Waals surface area contributed by atoms with Gasteiger partial charge in [-0.2, -0.15) is 4.98 Å². The normalized spacial score (nSPS) is 10.8. The molecule has 2 aromatic carbocycles. The molecule has 0 saturated carbocycles. The Morgan fingerprint density at radius 2 is 1.79 bits per heavy atom. The number of amides is 1. The second-order valence-corrected chi connectivity index (χ2v) is 7.02. The summed E-state index contributed by atoms with van der Waals surface area (Å²) in [5.41, 5.74) is 2.09. The van der Waals surface area contributed by atoms with Crippen molar-refractivity contribution in [1.29, 1.82) is 0 Å². The van der Waals surface area contributed by atoms with Crippen LogP contribution in [0.2, 0.25) is 5.02 Å². The van der Waals surface area contributed by atoms with E-state index in [1.165, 1.54) is 25.6 Å². The maximum absolute atomic E-state index is 12.8. The molecule has 0 radical (unpaired) electrons. The predicted molar refractivity (Wildman–Crippen MR) is 109 cm³/mol. The number of methoxy groups -OCH3 is 2. The van der Waals surface area contributed by atoms with E-state index in [-0.39, 0.29) is 11.5 Å². The Hall–Kier alpha value is -3.10. The summed E-state index contributed by atoms with van der Waals surface area (Å²) in [6.07, 6.45) is 0. The molecule has 0 fully saturated rings. The van der Waals surface area contributed by atoms with Gasteiger partial charge < -0.3 is 9.47 Å². The number of nitrogens with zero attached hydrogens (tertiary/aromatic N) is 3. The molecule has 0 unspecified atom stereocenters. The van der Waals surface area contributed by atoms with Crippen LogP contribution in [0.5, 0.6) is 11.5 Å². The van der Waals surface area contributed by atoms with Crippen LogP contribution in [0.25, 0.3) is 16.2 Å². The molecule has 2 aromatic heterocycles. The van der Waals surface area contributed by atoms with E-state index in [9.17, 15) is 4.79 Å². The molecular weight excluding hydrogens is 400 g/mol. The first kappa shape index (κ1) is 18.3. The van der Waals surface area contributed by atoms with Gasteiger partial charge in [0.25, 0.3) is 11.9 Å². The standard InChI is InChI=1S/C19H15ClN4O3S/c1-26-14-4-3-5-15(27-2)16(14)17(25)21-18-22-19-24(23-18)13(10-28-19)11-6-8-12(20)9-7-11/h3-10H,1-2H3,(H,21,23,25). The number of hydrogen-bond donors (Lipinski definition) is 1. The number of halogens is 1. The number of anilines is 1. The van der Waals surface area contributed by atoms with Crippen molar-refractivity contribution in [3.63, 3.8) is 0 Å². The van der Waals surface area contributed by atoms with Gasteiger partial charge >= 0.3 is 0 Å². The molecule has 0 atom stereocenters. The summed E-state index contributed by atoms with van der Waals surface area (Å²) in [5.74, 6) is 0.583. The Balaban J connectivity index is 1.66. The van der Waals surface area contributed by atoms with Crippen LogP contribution < -0.4 is 14.8 Å². The molecule has 0 spiro atoms. The van der Waals surface area contributed by atoms with Gasteiger partial charge in [0, 0.05) is 16.0 Å². The van der Waals surface area contributed by atoms with Crippen molar-refractivity contribution in [2.24, 2.45) is 0 Å². The van der Waals surface area contributed by atoms with Gasteiger partial charge in [-0.25, -0.2) is 4.52 Å². The molecule has 0 aliphatic heterocycles. The molecule has 0 aliphatic rings. The van der Waals surface area contributed by atoms with Crippen molar-refractivity contribution in [1.82, 2.24) is 14.6 Å². The van der Waals surface area contributed by atoms with Crippen LogP contribution in [-0.2, 0) is 0 Å². The summed E-state index contributed by atoms with van der Waals surface area (Å²) in [6, 6.07) is 12.6. The highest BCUT2D eigenvalue weighted by atomic mass is 35.5. The Morgan fingerprint density at radius 1 is 1.11 bits per heavy atom. The summed E-state index contributed by atoms with van der Waals surface area (Å²) < 4.78 is 12.2. The number of carbonyl (C=O) groups excluding carboxylic acids is 1. The lowest BCUT2D eigenvalue weighted by molar-refractivity contribution is 0.102. The van der Waals surface area contributed by atoms with Crippen LogP contribution in [0.15, 0.2) is 47.8 Å². The second-order valence-electron chi connectivity index (χ2n) is 5.75. The summed E-state index contributed by atoms with van der Waals surface area (Å²) in [5, 5.41) is 9.74. The Labute approximate surface area is 169 Å². The summed E-state index contributed by atoms with van der Waals surface area (Å²) in [7, 11) is 2.99. The van der Waals surface area contributed by atoms with E-state index in [2.05, 4.69) is 15.4 Å². The molecule has 2 heterocycles. The first-order valence-electron chi connectivity index (χ1n) is 8.23. The van der Waals surface area contributed by atoms with Crippen LogP contribution in [0.3, 0.4) is 0 Å². The number of thiazole rings is 1. The molecule has 0 aliphatic carbocycles.